The maximum absolute atomic E-state index is 12.8. The topological polar surface area (TPSA) is 155 Å². The molecule has 3 aliphatic rings. The number of hydrogen-bond acceptors (Lipinski definition) is 8. The number of primary sulfonamides is 1. The molecule has 35 heavy (non-hydrogen) atoms. The predicted octanol–water partition coefficient (Wildman–Crippen LogP) is 1.79. The van der Waals surface area contributed by atoms with Crippen molar-refractivity contribution >= 4 is 21.8 Å². The van der Waals surface area contributed by atoms with Gasteiger partial charge in [0.15, 0.2) is 6.10 Å². The lowest BCUT2D eigenvalue weighted by atomic mass is 9.87. The number of sulfonamides is 1. The highest BCUT2D eigenvalue weighted by Crippen LogP contribution is 2.48. The summed E-state index contributed by atoms with van der Waals surface area (Å²) in [5.41, 5.74) is 0.661. The highest BCUT2D eigenvalue weighted by molar-refractivity contribution is 7.89. The van der Waals surface area contributed by atoms with Crippen LogP contribution in [0.25, 0.3) is 0 Å². The SMILES string of the molecule is CC1(C)Oc2ccc(C#N)cc2[C@@H](OC2=NN(Cc3ccc(S(N)(=O)=O)cc3)C(=O)[C@H]3C[C@@H]23)[C@@H]1O. The molecule has 10 nitrogen and oxygen atoms in total. The molecule has 0 radical (unpaired) electrons. The zero-order chi connectivity index (χ0) is 25.1. The highest BCUT2D eigenvalue weighted by Gasteiger charge is 2.55. The van der Waals surface area contributed by atoms with Gasteiger partial charge in [-0.2, -0.15) is 5.26 Å². The first-order chi connectivity index (χ1) is 16.5. The first-order valence-corrected chi connectivity index (χ1v) is 12.6. The molecule has 5 rings (SSSR count). The van der Waals surface area contributed by atoms with Crippen LogP contribution in [0.4, 0.5) is 0 Å². The summed E-state index contributed by atoms with van der Waals surface area (Å²) >= 11 is 0. The Morgan fingerprint density at radius 2 is 1.97 bits per heavy atom. The third-order valence-corrected chi connectivity index (χ3v) is 7.48. The van der Waals surface area contributed by atoms with Gasteiger partial charge in [-0.15, -0.1) is 5.10 Å². The third-order valence-electron chi connectivity index (χ3n) is 6.55. The van der Waals surface area contributed by atoms with E-state index >= 15 is 0 Å². The molecule has 4 atom stereocenters. The second kappa shape index (κ2) is 8.05. The summed E-state index contributed by atoms with van der Waals surface area (Å²) in [6.45, 7) is 3.62. The van der Waals surface area contributed by atoms with E-state index in [2.05, 4.69) is 11.2 Å². The number of fused-ring (bicyclic) bond motifs is 2. The van der Waals surface area contributed by atoms with Crippen LogP contribution in [0.15, 0.2) is 52.5 Å². The van der Waals surface area contributed by atoms with Crippen LogP contribution in [-0.4, -0.2) is 42.0 Å². The van der Waals surface area contributed by atoms with E-state index in [0.29, 0.717) is 34.8 Å². The molecule has 0 saturated heterocycles. The van der Waals surface area contributed by atoms with Gasteiger partial charge in [0.2, 0.25) is 21.8 Å². The minimum Gasteiger partial charge on any atom is -0.485 e. The van der Waals surface area contributed by atoms with Crippen LogP contribution in [0.3, 0.4) is 0 Å². The van der Waals surface area contributed by atoms with Gasteiger partial charge in [-0.1, -0.05) is 12.1 Å². The molecule has 1 saturated carbocycles. The summed E-state index contributed by atoms with van der Waals surface area (Å²) in [6, 6.07) is 12.9. The van der Waals surface area contributed by atoms with Gasteiger partial charge >= 0.3 is 0 Å². The molecule has 1 aliphatic carbocycles. The van der Waals surface area contributed by atoms with Crippen LogP contribution in [0.2, 0.25) is 0 Å². The molecular formula is C24H24N4O6S. The van der Waals surface area contributed by atoms with Crippen molar-refractivity contribution in [2.75, 3.05) is 0 Å². The summed E-state index contributed by atoms with van der Waals surface area (Å²) in [5.74, 6) is 0.269. The number of carbonyl (C=O) groups is 1. The number of amides is 1. The number of hydrogen-bond donors (Lipinski definition) is 2. The van der Waals surface area contributed by atoms with Crippen molar-refractivity contribution in [2.45, 2.75) is 49.5 Å². The van der Waals surface area contributed by atoms with Crippen molar-refractivity contribution < 1.29 is 27.8 Å². The number of nitriles is 1. The first-order valence-electron chi connectivity index (χ1n) is 11.1. The van der Waals surface area contributed by atoms with Crippen molar-refractivity contribution in [3.8, 4) is 11.8 Å². The van der Waals surface area contributed by atoms with E-state index in [1.54, 1.807) is 44.2 Å². The molecule has 2 aliphatic heterocycles. The van der Waals surface area contributed by atoms with Gasteiger partial charge in [-0.25, -0.2) is 18.6 Å². The van der Waals surface area contributed by atoms with Crippen molar-refractivity contribution in [1.29, 1.82) is 5.26 Å². The molecular weight excluding hydrogens is 472 g/mol. The number of carbonyl (C=O) groups excluding carboxylic acids is 1. The molecule has 2 aromatic carbocycles. The Hall–Kier alpha value is -3.46. The smallest absolute Gasteiger partial charge is 0.247 e. The number of aliphatic hydroxyl groups is 1. The largest absolute Gasteiger partial charge is 0.485 e. The number of rotatable bonds is 4. The maximum Gasteiger partial charge on any atom is 0.247 e. The van der Waals surface area contributed by atoms with Gasteiger partial charge in [0.25, 0.3) is 0 Å². The average Bonchev–Trinajstić information content (AvgIpc) is 3.61. The molecule has 2 heterocycles. The lowest BCUT2D eigenvalue weighted by Gasteiger charge is -2.42. The fourth-order valence-corrected chi connectivity index (χ4v) is 4.94. The van der Waals surface area contributed by atoms with Crippen molar-refractivity contribution in [3.63, 3.8) is 0 Å². The number of hydrazone groups is 1. The quantitative estimate of drug-likeness (QED) is 0.654. The van der Waals surface area contributed by atoms with Gasteiger partial charge in [-0.3, -0.25) is 4.79 Å². The standard InChI is InChI=1S/C24H24N4O6S/c1-24(2)21(29)20(18-9-14(11-25)5-8-19(18)34-24)33-22-16-10-17(16)23(30)28(27-22)12-13-3-6-15(7-4-13)35(26,31)32/h3-9,16-17,20-21,29H,10,12H2,1-2H3,(H2,26,31,32)/t16-,17+,20-,21+/m1/s1. The minimum absolute atomic E-state index is 0.0208. The van der Waals surface area contributed by atoms with Crippen LogP contribution in [0, 0.1) is 23.2 Å². The van der Waals surface area contributed by atoms with E-state index in [9.17, 15) is 23.6 Å². The van der Waals surface area contributed by atoms with Crippen molar-refractivity contribution in [1.82, 2.24) is 5.01 Å². The molecule has 0 aromatic heterocycles. The highest BCUT2D eigenvalue weighted by atomic mass is 32.2. The van der Waals surface area contributed by atoms with Crippen molar-refractivity contribution in [3.05, 3.63) is 59.2 Å². The lowest BCUT2D eigenvalue weighted by Crippen LogP contribution is -2.50. The van der Waals surface area contributed by atoms with Crippen LogP contribution in [-0.2, 0) is 26.1 Å². The maximum atomic E-state index is 12.8. The van der Waals surface area contributed by atoms with E-state index in [1.807, 2.05) is 0 Å². The summed E-state index contributed by atoms with van der Waals surface area (Å²) in [6.07, 6.45) is -1.31. The molecule has 1 fully saturated rings. The second-order valence-corrected chi connectivity index (χ2v) is 11.1. The number of aliphatic hydroxyl groups excluding tert-OH is 1. The Morgan fingerprint density at radius 3 is 2.63 bits per heavy atom. The zero-order valence-corrected chi connectivity index (χ0v) is 19.9. The molecule has 0 unspecified atom stereocenters. The monoisotopic (exact) mass is 496 g/mol. The van der Waals surface area contributed by atoms with Crippen LogP contribution in [0.5, 0.6) is 5.75 Å². The Labute approximate surface area is 202 Å². The Balaban J connectivity index is 1.43. The van der Waals surface area contributed by atoms with Gasteiger partial charge in [0, 0.05) is 11.5 Å². The van der Waals surface area contributed by atoms with E-state index < -0.39 is 27.8 Å². The molecule has 11 heteroatoms. The first kappa shape index (κ1) is 23.3. The lowest BCUT2D eigenvalue weighted by molar-refractivity contribution is -0.135. The van der Waals surface area contributed by atoms with E-state index in [0.717, 1.165) is 0 Å². The molecule has 0 bridgehead atoms. The van der Waals surface area contributed by atoms with Gasteiger partial charge in [-0.05, 0) is 56.2 Å². The normalized spacial score (nSPS) is 26.5. The van der Waals surface area contributed by atoms with Crippen molar-refractivity contribution in [2.24, 2.45) is 22.1 Å². The van der Waals surface area contributed by atoms with Gasteiger partial charge < -0.3 is 14.6 Å². The third kappa shape index (κ3) is 4.25. The Kier molecular flexibility index (Phi) is 5.36. The fraction of sp³-hybridized carbons (Fsp3) is 0.375. The predicted molar refractivity (Wildman–Crippen MR) is 123 cm³/mol. The summed E-state index contributed by atoms with van der Waals surface area (Å²) in [5, 5.41) is 31.3. The summed E-state index contributed by atoms with van der Waals surface area (Å²) in [7, 11) is -3.82. The van der Waals surface area contributed by atoms with Gasteiger partial charge in [0.05, 0.1) is 29.0 Å². The average molecular weight is 497 g/mol. The summed E-state index contributed by atoms with van der Waals surface area (Å²) in [4.78, 5) is 12.8. The number of nitrogens with zero attached hydrogens (tertiary/aromatic N) is 3. The second-order valence-electron chi connectivity index (χ2n) is 9.52. The fourth-order valence-electron chi connectivity index (χ4n) is 4.43. The Morgan fingerprint density at radius 1 is 1.26 bits per heavy atom. The minimum atomic E-state index is -3.82. The number of benzene rings is 2. The number of nitrogens with two attached hydrogens (primary N) is 1. The van der Waals surface area contributed by atoms with Gasteiger partial charge in [0.1, 0.15) is 17.5 Å². The molecule has 2 aromatic rings. The molecule has 182 valence electrons. The van der Waals surface area contributed by atoms with E-state index in [-0.39, 0.29) is 29.2 Å². The van der Waals surface area contributed by atoms with Crippen LogP contribution >= 0.6 is 0 Å². The summed E-state index contributed by atoms with van der Waals surface area (Å²) < 4.78 is 35.2. The Bertz CT molecular complexity index is 1380. The van der Waals surface area contributed by atoms with E-state index in [4.69, 9.17) is 14.6 Å². The molecule has 1 amide bonds. The van der Waals surface area contributed by atoms with Crippen LogP contribution < -0.4 is 9.88 Å². The molecule has 3 N–H and O–H groups in total. The number of ether oxygens (including phenoxy) is 2. The zero-order valence-electron chi connectivity index (χ0n) is 19.1. The molecule has 0 spiro atoms. The van der Waals surface area contributed by atoms with E-state index in [1.165, 1.54) is 17.1 Å². The van der Waals surface area contributed by atoms with Crippen LogP contribution in [0.1, 0.15) is 43.1 Å².